The van der Waals surface area contributed by atoms with E-state index in [9.17, 15) is 0 Å². The Morgan fingerprint density at radius 3 is 1.59 bits per heavy atom. The molecule has 0 aromatic heterocycles. The molecule has 0 radical (unpaired) electrons. The van der Waals surface area contributed by atoms with E-state index in [4.69, 9.17) is 0 Å². The first-order valence-corrected chi connectivity index (χ1v) is 8.87. The standard InChI is InChI=1S/C12H25.C9H11.Mg/c1-3-5-7-9-11-12-10-8-6-4-2;1-8(2)9-6-4-3-5-7-9;/h1,3-12H2,2H3;3-7H,1-2H3;/q2*-1;+2. The second kappa shape index (κ2) is 18.9. The molecule has 0 fully saturated rings. The Labute approximate surface area is 156 Å². The van der Waals surface area contributed by atoms with Crippen molar-refractivity contribution in [3.8, 4) is 0 Å². The summed E-state index contributed by atoms with van der Waals surface area (Å²) in [5.41, 5.74) is 1.33. The van der Waals surface area contributed by atoms with Crippen molar-refractivity contribution in [2.75, 3.05) is 0 Å². The molecule has 0 aliphatic carbocycles. The van der Waals surface area contributed by atoms with Crippen LogP contribution < -0.4 is 0 Å². The van der Waals surface area contributed by atoms with Gasteiger partial charge in [0.05, 0.1) is 0 Å². The molecule has 0 saturated carbocycles. The summed E-state index contributed by atoms with van der Waals surface area (Å²) in [6.07, 6.45) is 13.9. The van der Waals surface area contributed by atoms with Crippen LogP contribution in [0, 0.1) is 12.8 Å². The van der Waals surface area contributed by atoms with E-state index < -0.39 is 0 Å². The fourth-order valence-corrected chi connectivity index (χ4v) is 2.26. The summed E-state index contributed by atoms with van der Waals surface area (Å²) in [5, 5.41) is 0. The minimum absolute atomic E-state index is 0. The van der Waals surface area contributed by atoms with Crippen LogP contribution in [-0.4, -0.2) is 23.1 Å². The van der Waals surface area contributed by atoms with E-state index >= 15 is 0 Å². The van der Waals surface area contributed by atoms with E-state index in [0.29, 0.717) is 0 Å². The van der Waals surface area contributed by atoms with E-state index in [1.807, 2.05) is 6.07 Å². The van der Waals surface area contributed by atoms with Gasteiger partial charge in [0.15, 0.2) is 0 Å². The van der Waals surface area contributed by atoms with Crippen LogP contribution in [-0.2, 0) is 0 Å². The molecule has 1 heteroatoms. The number of unbranched alkanes of at least 4 members (excludes halogenated alkanes) is 9. The Morgan fingerprint density at radius 2 is 1.23 bits per heavy atom. The Kier molecular flexibility index (Phi) is 20.7. The van der Waals surface area contributed by atoms with Crippen LogP contribution in [0.2, 0.25) is 0 Å². The van der Waals surface area contributed by atoms with Gasteiger partial charge in [-0.1, -0.05) is 84.6 Å². The summed E-state index contributed by atoms with van der Waals surface area (Å²) in [5.74, 6) is 1.37. The smallest absolute Gasteiger partial charge is 0.343 e. The minimum Gasteiger partial charge on any atom is -0.343 e. The van der Waals surface area contributed by atoms with Crippen molar-refractivity contribution in [1.29, 1.82) is 0 Å². The molecule has 1 rings (SSSR count). The summed E-state index contributed by atoms with van der Waals surface area (Å²) in [6.45, 7) is 10.4. The molecule has 0 amide bonds. The number of rotatable bonds is 10. The van der Waals surface area contributed by atoms with Crippen LogP contribution >= 0.6 is 0 Å². The Hall–Kier alpha value is -0.144. The molecule has 0 unspecified atom stereocenters. The van der Waals surface area contributed by atoms with Gasteiger partial charge in [0, 0.05) is 0 Å². The van der Waals surface area contributed by atoms with Crippen LogP contribution in [0.15, 0.2) is 30.3 Å². The summed E-state index contributed by atoms with van der Waals surface area (Å²) in [4.78, 5) is 0. The zero-order valence-electron chi connectivity index (χ0n) is 15.4. The third kappa shape index (κ3) is 16.2. The Morgan fingerprint density at radius 1 is 0.773 bits per heavy atom. The monoisotopic (exact) mass is 312 g/mol. The van der Waals surface area contributed by atoms with E-state index in [-0.39, 0.29) is 23.1 Å². The Bertz CT molecular complexity index is 282. The van der Waals surface area contributed by atoms with E-state index in [2.05, 4.69) is 52.0 Å². The first-order valence-electron chi connectivity index (χ1n) is 8.87. The van der Waals surface area contributed by atoms with Gasteiger partial charge in [0.2, 0.25) is 0 Å². The van der Waals surface area contributed by atoms with Gasteiger partial charge in [-0.15, -0.1) is 12.1 Å². The van der Waals surface area contributed by atoms with Gasteiger partial charge in [-0.3, -0.25) is 0 Å². The first kappa shape index (κ1) is 24.1. The molecule has 0 saturated heterocycles. The van der Waals surface area contributed by atoms with E-state index in [0.717, 1.165) is 6.42 Å². The van der Waals surface area contributed by atoms with Gasteiger partial charge in [-0.05, 0) is 0 Å². The van der Waals surface area contributed by atoms with Crippen molar-refractivity contribution >= 4 is 23.1 Å². The fraction of sp³-hybridized carbons (Fsp3) is 0.619. The maximum Gasteiger partial charge on any atom is 2.00 e. The molecular formula is C21H36Mg. The molecule has 1 aromatic rings. The van der Waals surface area contributed by atoms with Gasteiger partial charge >= 0.3 is 23.1 Å². The second-order valence-electron chi connectivity index (χ2n) is 6.05. The minimum atomic E-state index is 0. The van der Waals surface area contributed by atoms with E-state index in [1.54, 1.807) is 0 Å². The maximum atomic E-state index is 3.84. The first-order chi connectivity index (χ1) is 10.2. The van der Waals surface area contributed by atoms with Crippen LogP contribution in [0.5, 0.6) is 0 Å². The zero-order chi connectivity index (χ0) is 15.8. The van der Waals surface area contributed by atoms with Gasteiger partial charge in [-0.2, -0.15) is 30.0 Å². The van der Waals surface area contributed by atoms with Crippen molar-refractivity contribution in [3.05, 3.63) is 48.7 Å². The molecule has 0 nitrogen and oxygen atoms in total. The summed E-state index contributed by atoms with van der Waals surface area (Å²) < 4.78 is 0. The van der Waals surface area contributed by atoms with Gasteiger partial charge < -0.3 is 6.92 Å². The molecule has 0 atom stereocenters. The SMILES string of the molecule is C[C-](C)c1ccccc1.[CH2-]CCCCCCCCCCC.[Mg+2]. The van der Waals surface area contributed by atoms with Crippen molar-refractivity contribution < 1.29 is 0 Å². The van der Waals surface area contributed by atoms with Crippen LogP contribution in [0.25, 0.3) is 0 Å². The molecular weight excluding hydrogens is 277 g/mol. The molecule has 0 spiro atoms. The predicted octanol–water partition coefficient (Wildman–Crippen LogP) is 7.01. The third-order valence-corrected chi connectivity index (χ3v) is 3.70. The molecule has 0 N–H and O–H groups in total. The molecule has 122 valence electrons. The zero-order valence-corrected chi connectivity index (χ0v) is 16.8. The summed E-state index contributed by atoms with van der Waals surface area (Å²) in [7, 11) is 0. The quantitative estimate of drug-likeness (QED) is 0.247. The molecule has 0 aliphatic heterocycles. The van der Waals surface area contributed by atoms with Crippen LogP contribution in [0.1, 0.15) is 90.5 Å². The van der Waals surface area contributed by atoms with Crippen LogP contribution in [0.3, 0.4) is 0 Å². The number of hydrogen-bond acceptors (Lipinski definition) is 0. The molecule has 0 heterocycles. The van der Waals surface area contributed by atoms with Gasteiger partial charge in [-0.25, -0.2) is 0 Å². The van der Waals surface area contributed by atoms with E-state index in [1.165, 1.54) is 69.3 Å². The van der Waals surface area contributed by atoms with Crippen molar-refractivity contribution in [2.24, 2.45) is 0 Å². The van der Waals surface area contributed by atoms with Gasteiger partial charge in [0.25, 0.3) is 0 Å². The normalized spacial score (nSPS) is 9.45. The summed E-state index contributed by atoms with van der Waals surface area (Å²) >= 11 is 0. The molecule has 0 bridgehead atoms. The number of benzene rings is 1. The average molecular weight is 313 g/mol. The Balaban J connectivity index is 0. The topological polar surface area (TPSA) is 0 Å². The second-order valence-corrected chi connectivity index (χ2v) is 6.05. The largest absolute Gasteiger partial charge is 2.00 e. The molecule has 22 heavy (non-hydrogen) atoms. The van der Waals surface area contributed by atoms with Crippen molar-refractivity contribution in [2.45, 2.75) is 85.0 Å². The molecule has 1 aromatic carbocycles. The fourth-order valence-electron chi connectivity index (χ4n) is 2.26. The van der Waals surface area contributed by atoms with Crippen molar-refractivity contribution in [1.82, 2.24) is 0 Å². The maximum absolute atomic E-state index is 3.84. The summed E-state index contributed by atoms with van der Waals surface area (Å²) in [6, 6.07) is 10.4. The average Bonchev–Trinajstić information content (AvgIpc) is 2.51. The third-order valence-electron chi connectivity index (χ3n) is 3.70. The van der Waals surface area contributed by atoms with Gasteiger partial charge in [0.1, 0.15) is 0 Å². The number of hydrogen-bond donors (Lipinski definition) is 0. The predicted molar refractivity (Wildman–Crippen MR) is 103 cm³/mol. The molecule has 0 aliphatic rings. The van der Waals surface area contributed by atoms with Crippen LogP contribution in [0.4, 0.5) is 0 Å². The van der Waals surface area contributed by atoms with Crippen molar-refractivity contribution in [3.63, 3.8) is 0 Å².